The predicted octanol–water partition coefficient (Wildman–Crippen LogP) is 0.251. The molecule has 88 valence electrons. The molecule has 0 aliphatic carbocycles. The molecule has 0 aromatic rings. The van der Waals surface area contributed by atoms with Crippen LogP contribution in [0.5, 0.6) is 0 Å². The van der Waals surface area contributed by atoms with Crippen LogP contribution in [0.4, 0.5) is 4.79 Å². The quantitative estimate of drug-likeness (QED) is 0.184. The molecule has 0 spiro atoms. The van der Waals surface area contributed by atoms with Crippen molar-refractivity contribution in [2.24, 2.45) is 5.84 Å². The molecule has 0 aromatic carbocycles. The first-order chi connectivity index (χ1) is 6.76. The zero-order chi connectivity index (χ0) is 12.1. The number of nitrogens with two attached hydrogens (primary N) is 1. The highest BCUT2D eigenvalue weighted by atomic mass is 32.2. The van der Waals surface area contributed by atoms with Gasteiger partial charge in [-0.2, -0.15) is 15.5 Å². The molecule has 0 atom stereocenters. The largest absolute Gasteiger partial charge is 0.443 e. The highest BCUT2D eigenvalue weighted by Gasteiger charge is 2.18. The molecule has 1 amide bonds. The van der Waals surface area contributed by atoms with Crippen LogP contribution in [0.1, 0.15) is 20.8 Å². The summed E-state index contributed by atoms with van der Waals surface area (Å²) >= 11 is 1.37. The molecular weight excluding hydrogens is 216 g/mol. The minimum atomic E-state index is -0.545. The molecule has 0 saturated carbocycles. The normalized spacial score (nSPS) is 12.9. The lowest BCUT2D eigenvalue weighted by Crippen LogP contribution is -2.46. The van der Waals surface area contributed by atoms with Crippen LogP contribution in [0.15, 0.2) is 0 Å². The number of carbonyl (C=O) groups is 1. The monoisotopic (exact) mass is 235 g/mol. The molecule has 0 radical (unpaired) electrons. The van der Waals surface area contributed by atoms with E-state index in [2.05, 4.69) is 10.9 Å². The maximum absolute atomic E-state index is 11.2. The maximum Gasteiger partial charge on any atom is 0.443 e. The number of carbonyl (C=O) groups excluding carboxylic acids is 1. The van der Waals surface area contributed by atoms with E-state index in [9.17, 15) is 4.79 Å². The Morgan fingerprint density at radius 2 is 1.93 bits per heavy atom. The van der Waals surface area contributed by atoms with Crippen molar-refractivity contribution in [3.63, 3.8) is 0 Å². The molecule has 0 rings (SSSR count). The number of thioether (sulfide) groups is 1. The van der Waals surface area contributed by atoms with E-state index in [0.29, 0.717) is 5.17 Å². The van der Waals surface area contributed by atoms with Crippen LogP contribution in [0.3, 0.4) is 0 Å². The van der Waals surface area contributed by atoms with Crippen LogP contribution >= 0.6 is 11.8 Å². The fourth-order valence-electron chi connectivity index (χ4n) is 0.691. The molecule has 15 heavy (non-hydrogen) atoms. The Bertz CT molecular complexity index is 256. The SMILES string of the molecule is CS/C(NNC(=O)OC(C)(C)C)=[N+](\C)N. The Labute approximate surface area is 94.2 Å². The van der Waals surface area contributed by atoms with Gasteiger partial charge in [-0.3, -0.25) is 5.84 Å². The fourth-order valence-corrected chi connectivity index (χ4v) is 1.13. The molecule has 0 unspecified atom stereocenters. The Hall–Kier alpha value is -1.11. The zero-order valence-electron chi connectivity index (χ0n) is 9.75. The topological polar surface area (TPSA) is 79.4 Å². The Kier molecular flexibility index (Phi) is 5.27. The first-order valence-corrected chi connectivity index (χ1v) is 5.63. The van der Waals surface area contributed by atoms with E-state index in [1.54, 1.807) is 27.8 Å². The number of rotatable bonds is 0. The van der Waals surface area contributed by atoms with Crippen molar-refractivity contribution < 1.29 is 14.2 Å². The smallest absolute Gasteiger partial charge is 0.442 e. The number of hydrazine groups is 2. The molecule has 6 nitrogen and oxygen atoms in total. The van der Waals surface area contributed by atoms with Crippen LogP contribution in [-0.4, -0.2) is 34.8 Å². The number of nitrogens with one attached hydrogen (secondary N) is 2. The molecule has 4 N–H and O–H groups in total. The fraction of sp³-hybridized carbons (Fsp3) is 0.750. The number of ether oxygens (including phenoxy) is 1. The van der Waals surface area contributed by atoms with Crippen LogP contribution in [0.25, 0.3) is 0 Å². The van der Waals surface area contributed by atoms with Crippen LogP contribution in [0, 0.1) is 0 Å². The number of hydrogen-bond acceptors (Lipinski definition) is 4. The molecule has 0 saturated heterocycles. The van der Waals surface area contributed by atoms with Gasteiger partial charge in [0.15, 0.2) is 0 Å². The van der Waals surface area contributed by atoms with E-state index in [1.807, 2.05) is 6.26 Å². The highest BCUT2D eigenvalue weighted by Crippen LogP contribution is 2.05. The molecular formula is C8H19N4O2S+. The van der Waals surface area contributed by atoms with Gasteiger partial charge in [0.05, 0.1) is 0 Å². The number of hydrogen-bond donors (Lipinski definition) is 3. The first kappa shape index (κ1) is 13.9. The minimum Gasteiger partial charge on any atom is -0.442 e. The zero-order valence-corrected chi connectivity index (χ0v) is 10.6. The number of amides is 1. The van der Waals surface area contributed by atoms with Gasteiger partial charge in [-0.05, 0) is 38.8 Å². The number of amidine groups is 1. The van der Waals surface area contributed by atoms with E-state index in [4.69, 9.17) is 10.6 Å². The minimum absolute atomic E-state index is 0.514. The summed E-state index contributed by atoms with van der Waals surface area (Å²) in [6.45, 7) is 5.38. The van der Waals surface area contributed by atoms with Gasteiger partial charge < -0.3 is 4.74 Å². The highest BCUT2D eigenvalue weighted by molar-refractivity contribution is 8.13. The molecule has 0 heterocycles. The molecule has 0 bridgehead atoms. The summed E-state index contributed by atoms with van der Waals surface area (Å²) in [6, 6.07) is 0. The Balaban J connectivity index is 4.07. The summed E-state index contributed by atoms with van der Waals surface area (Å²) in [4.78, 5) is 11.2. The van der Waals surface area contributed by atoms with Crippen molar-refractivity contribution in [3.05, 3.63) is 0 Å². The first-order valence-electron chi connectivity index (χ1n) is 4.40. The van der Waals surface area contributed by atoms with Crippen molar-refractivity contribution in [1.82, 2.24) is 10.9 Å². The summed E-state index contributed by atoms with van der Waals surface area (Å²) in [5.41, 5.74) is 4.51. The van der Waals surface area contributed by atoms with Gasteiger partial charge in [0.2, 0.25) is 0 Å². The van der Waals surface area contributed by atoms with Gasteiger partial charge in [0, 0.05) is 0 Å². The van der Waals surface area contributed by atoms with E-state index in [1.165, 1.54) is 16.4 Å². The van der Waals surface area contributed by atoms with Gasteiger partial charge in [0.25, 0.3) is 0 Å². The molecule has 7 heteroatoms. The third kappa shape index (κ3) is 6.89. The lowest BCUT2D eigenvalue weighted by molar-refractivity contribution is -0.508. The van der Waals surface area contributed by atoms with Gasteiger partial charge in [-0.15, -0.1) is 0 Å². The van der Waals surface area contributed by atoms with E-state index < -0.39 is 11.7 Å². The van der Waals surface area contributed by atoms with Crippen molar-refractivity contribution in [2.45, 2.75) is 26.4 Å². The molecule has 0 fully saturated rings. The van der Waals surface area contributed by atoms with E-state index in [0.717, 1.165) is 0 Å². The second-order valence-electron chi connectivity index (χ2n) is 3.87. The van der Waals surface area contributed by atoms with Crippen LogP contribution in [-0.2, 0) is 4.74 Å². The van der Waals surface area contributed by atoms with Gasteiger partial charge >= 0.3 is 11.3 Å². The van der Waals surface area contributed by atoms with Gasteiger partial charge in [-0.1, -0.05) is 0 Å². The summed E-state index contributed by atoms with van der Waals surface area (Å²) in [7, 11) is 1.66. The summed E-state index contributed by atoms with van der Waals surface area (Å²) in [5.74, 6) is 5.48. The van der Waals surface area contributed by atoms with Gasteiger partial charge in [-0.25, -0.2) is 4.79 Å². The summed E-state index contributed by atoms with van der Waals surface area (Å²) in [5, 5.41) is 0.612. The second-order valence-corrected chi connectivity index (χ2v) is 4.67. The van der Waals surface area contributed by atoms with Crippen LogP contribution in [0.2, 0.25) is 0 Å². The van der Waals surface area contributed by atoms with Crippen molar-refractivity contribution in [2.75, 3.05) is 13.3 Å². The average Bonchev–Trinajstić information content (AvgIpc) is 2.01. The third-order valence-corrected chi connectivity index (χ3v) is 1.96. The maximum atomic E-state index is 11.2. The lowest BCUT2D eigenvalue weighted by Gasteiger charge is -2.18. The average molecular weight is 235 g/mol. The summed E-state index contributed by atoms with van der Waals surface area (Å²) < 4.78 is 6.38. The van der Waals surface area contributed by atoms with Crippen molar-refractivity contribution in [3.8, 4) is 0 Å². The lowest BCUT2D eigenvalue weighted by atomic mass is 10.2. The number of nitrogens with zero attached hydrogens (tertiary/aromatic N) is 1. The van der Waals surface area contributed by atoms with Gasteiger partial charge in [0.1, 0.15) is 12.6 Å². The second kappa shape index (κ2) is 5.69. The van der Waals surface area contributed by atoms with Crippen molar-refractivity contribution >= 4 is 23.0 Å². The Morgan fingerprint density at radius 1 is 1.40 bits per heavy atom. The predicted molar refractivity (Wildman–Crippen MR) is 61.4 cm³/mol. The molecule has 0 aromatic heterocycles. The number of hydrazone groups is 1. The van der Waals surface area contributed by atoms with Crippen molar-refractivity contribution in [1.29, 1.82) is 0 Å². The molecule has 0 aliphatic rings. The van der Waals surface area contributed by atoms with E-state index in [-0.39, 0.29) is 0 Å². The summed E-state index contributed by atoms with van der Waals surface area (Å²) in [6.07, 6.45) is 1.29. The third-order valence-electron chi connectivity index (χ3n) is 1.18. The van der Waals surface area contributed by atoms with Crippen LogP contribution < -0.4 is 16.7 Å². The Morgan fingerprint density at radius 3 is 2.27 bits per heavy atom. The standard InChI is InChI=1S/C8H18N4O2S/c1-8(2,3)14-7(13)11-10-6(15-5)12(4)9/h9H2,1-5H3,(H,11,13)/p+1. The van der Waals surface area contributed by atoms with E-state index >= 15 is 0 Å². The molecule has 0 aliphatic heterocycles.